The van der Waals surface area contributed by atoms with Crippen molar-refractivity contribution in [1.29, 1.82) is 0 Å². The molecule has 0 radical (unpaired) electrons. The molecule has 3 rings (SSSR count). The van der Waals surface area contributed by atoms with Crippen molar-refractivity contribution < 1.29 is 13.5 Å². The number of imidazole rings is 1. The van der Waals surface area contributed by atoms with Crippen molar-refractivity contribution in [1.82, 2.24) is 14.3 Å². The molecule has 0 amide bonds. The zero-order valence-electron chi connectivity index (χ0n) is 15.3. The lowest BCUT2D eigenvalue weighted by Gasteiger charge is -2.17. The van der Waals surface area contributed by atoms with Gasteiger partial charge in [0.2, 0.25) is 10.0 Å². The molecule has 0 saturated heterocycles. The van der Waals surface area contributed by atoms with Crippen molar-refractivity contribution in [3.8, 4) is 11.3 Å². The Balaban J connectivity index is 2.06. The molecule has 0 spiro atoms. The smallest absolute Gasteiger partial charge is 0.240 e. The lowest BCUT2D eigenvalue weighted by Crippen LogP contribution is -2.19. The minimum Gasteiger partial charge on any atom is -0.396 e. The minimum absolute atomic E-state index is 0.00222. The standard InChI is InChI=1S/C20H23N3O3S/c1-21-27(25,26)18-9-8-16(19(11-18)20-12-23(2)14-22-20)10-17(13-24)15-6-4-3-5-7-15/h3-9,11-12,14,17,21,24H,10,13H2,1-2H3/t17-/m0/s1. The highest BCUT2D eigenvalue weighted by atomic mass is 32.2. The third kappa shape index (κ3) is 4.27. The molecule has 1 aromatic heterocycles. The summed E-state index contributed by atoms with van der Waals surface area (Å²) in [5.41, 5.74) is 3.43. The van der Waals surface area contributed by atoms with Crippen LogP contribution in [0.25, 0.3) is 11.3 Å². The van der Waals surface area contributed by atoms with E-state index in [9.17, 15) is 13.5 Å². The van der Waals surface area contributed by atoms with Crippen LogP contribution in [-0.2, 0) is 23.5 Å². The van der Waals surface area contributed by atoms with Crippen molar-refractivity contribution >= 4 is 10.0 Å². The van der Waals surface area contributed by atoms with E-state index >= 15 is 0 Å². The Morgan fingerprint density at radius 3 is 2.52 bits per heavy atom. The number of aliphatic hydroxyl groups is 1. The molecule has 0 aliphatic heterocycles. The van der Waals surface area contributed by atoms with Gasteiger partial charge in [0.15, 0.2) is 0 Å². The maximum absolute atomic E-state index is 12.2. The lowest BCUT2D eigenvalue weighted by atomic mass is 9.90. The highest BCUT2D eigenvalue weighted by molar-refractivity contribution is 7.89. The molecule has 0 fully saturated rings. The second kappa shape index (κ2) is 8.04. The molecule has 0 bridgehead atoms. The fraction of sp³-hybridized carbons (Fsp3) is 0.250. The highest BCUT2D eigenvalue weighted by Crippen LogP contribution is 2.30. The summed E-state index contributed by atoms with van der Waals surface area (Å²) in [5.74, 6) is -0.0829. The van der Waals surface area contributed by atoms with Crippen LogP contribution in [0, 0.1) is 0 Å². The molecule has 1 atom stereocenters. The second-order valence-electron chi connectivity index (χ2n) is 6.45. The van der Waals surface area contributed by atoms with Crippen molar-refractivity contribution in [2.45, 2.75) is 17.2 Å². The van der Waals surface area contributed by atoms with Crippen LogP contribution < -0.4 is 4.72 Å². The first kappa shape index (κ1) is 19.3. The van der Waals surface area contributed by atoms with Gasteiger partial charge in [-0.05, 0) is 36.7 Å². The van der Waals surface area contributed by atoms with Crippen LogP contribution >= 0.6 is 0 Å². The molecular formula is C20H23N3O3S. The number of rotatable bonds is 7. The Bertz CT molecular complexity index is 1010. The number of hydrogen-bond donors (Lipinski definition) is 2. The molecule has 0 unspecified atom stereocenters. The summed E-state index contributed by atoms with van der Waals surface area (Å²) >= 11 is 0. The zero-order chi connectivity index (χ0) is 19.4. The molecule has 2 aromatic carbocycles. The second-order valence-corrected chi connectivity index (χ2v) is 8.33. The van der Waals surface area contributed by atoms with E-state index < -0.39 is 10.0 Å². The third-order valence-corrected chi connectivity index (χ3v) is 6.01. The predicted octanol–water partition coefficient (Wildman–Crippen LogP) is 2.31. The van der Waals surface area contributed by atoms with Gasteiger partial charge in [0.05, 0.1) is 23.5 Å². The number of aryl methyl sites for hydroxylation is 1. The highest BCUT2D eigenvalue weighted by Gasteiger charge is 2.19. The summed E-state index contributed by atoms with van der Waals surface area (Å²) in [6, 6.07) is 14.8. The van der Waals surface area contributed by atoms with E-state index in [-0.39, 0.29) is 17.4 Å². The van der Waals surface area contributed by atoms with Crippen LogP contribution in [0.5, 0.6) is 0 Å². The number of aliphatic hydroxyl groups excluding tert-OH is 1. The molecule has 0 aliphatic carbocycles. The van der Waals surface area contributed by atoms with Crippen molar-refractivity contribution in [2.24, 2.45) is 7.05 Å². The van der Waals surface area contributed by atoms with E-state index in [0.717, 1.165) is 16.7 Å². The SMILES string of the molecule is CNS(=O)(=O)c1ccc(C[C@@H](CO)c2ccccc2)c(-c2cn(C)cn2)c1. The first-order chi connectivity index (χ1) is 12.9. The summed E-state index contributed by atoms with van der Waals surface area (Å²) in [5, 5.41) is 9.90. The minimum atomic E-state index is -3.56. The van der Waals surface area contributed by atoms with Crippen LogP contribution in [0.3, 0.4) is 0 Å². The maximum atomic E-state index is 12.2. The van der Waals surface area contributed by atoms with Gasteiger partial charge in [-0.3, -0.25) is 0 Å². The predicted molar refractivity (Wildman–Crippen MR) is 105 cm³/mol. The molecule has 1 heterocycles. The summed E-state index contributed by atoms with van der Waals surface area (Å²) in [4.78, 5) is 4.58. The lowest BCUT2D eigenvalue weighted by molar-refractivity contribution is 0.264. The van der Waals surface area contributed by atoms with E-state index in [2.05, 4.69) is 9.71 Å². The number of sulfonamides is 1. The molecular weight excluding hydrogens is 362 g/mol. The van der Waals surface area contributed by atoms with E-state index in [1.165, 1.54) is 7.05 Å². The Kier molecular flexibility index (Phi) is 5.74. The van der Waals surface area contributed by atoms with E-state index in [0.29, 0.717) is 12.1 Å². The summed E-state index contributed by atoms with van der Waals surface area (Å²) in [7, 11) is -0.303. The summed E-state index contributed by atoms with van der Waals surface area (Å²) in [6.07, 6.45) is 4.11. The van der Waals surface area contributed by atoms with Gasteiger partial charge >= 0.3 is 0 Å². The van der Waals surface area contributed by atoms with Crippen LogP contribution in [0.2, 0.25) is 0 Å². The number of hydrogen-bond acceptors (Lipinski definition) is 4. The fourth-order valence-electron chi connectivity index (χ4n) is 3.09. The molecule has 142 valence electrons. The number of nitrogens with zero attached hydrogens (tertiary/aromatic N) is 2. The Labute approximate surface area is 159 Å². The van der Waals surface area contributed by atoms with Crippen LogP contribution in [0.15, 0.2) is 66.0 Å². The molecule has 0 saturated carbocycles. The monoisotopic (exact) mass is 385 g/mol. The number of nitrogens with one attached hydrogen (secondary N) is 1. The fourth-order valence-corrected chi connectivity index (χ4v) is 3.84. The van der Waals surface area contributed by atoms with Gasteiger partial charge in [0.25, 0.3) is 0 Å². The van der Waals surface area contributed by atoms with Gasteiger partial charge in [-0.25, -0.2) is 18.1 Å². The van der Waals surface area contributed by atoms with Gasteiger partial charge in [0, 0.05) is 24.7 Å². The summed E-state index contributed by atoms with van der Waals surface area (Å²) < 4.78 is 28.6. The maximum Gasteiger partial charge on any atom is 0.240 e. The summed E-state index contributed by atoms with van der Waals surface area (Å²) in [6.45, 7) is 0.00222. The van der Waals surface area contributed by atoms with Crippen LogP contribution in [0.1, 0.15) is 17.0 Å². The van der Waals surface area contributed by atoms with Gasteiger partial charge in [-0.15, -0.1) is 0 Å². The van der Waals surface area contributed by atoms with Crippen molar-refractivity contribution in [3.05, 3.63) is 72.2 Å². The van der Waals surface area contributed by atoms with Crippen molar-refractivity contribution in [2.75, 3.05) is 13.7 Å². The van der Waals surface area contributed by atoms with Crippen LogP contribution in [-0.4, -0.2) is 36.7 Å². The van der Waals surface area contributed by atoms with Gasteiger partial charge in [-0.1, -0.05) is 36.4 Å². The first-order valence-corrected chi connectivity index (χ1v) is 10.1. The Hall–Kier alpha value is -2.48. The molecule has 2 N–H and O–H groups in total. The Morgan fingerprint density at radius 2 is 1.93 bits per heavy atom. The van der Waals surface area contributed by atoms with Gasteiger partial charge in [0.1, 0.15) is 0 Å². The Morgan fingerprint density at radius 1 is 1.19 bits per heavy atom. The van der Waals surface area contributed by atoms with Crippen LogP contribution in [0.4, 0.5) is 0 Å². The van der Waals surface area contributed by atoms with Crippen molar-refractivity contribution in [3.63, 3.8) is 0 Å². The largest absolute Gasteiger partial charge is 0.396 e. The topological polar surface area (TPSA) is 84.2 Å². The first-order valence-electron chi connectivity index (χ1n) is 8.65. The van der Waals surface area contributed by atoms with E-state index in [1.54, 1.807) is 24.5 Å². The van der Waals surface area contributed by atoms with Gasteiger partial charge in [-0.2, -0.15) is 0 Å². The molecule has 3 aromatic rings. The molecule has 27 heavy (non-hydrogen) atoms. The molecule has 0 aliphatic rings. The average molecular weight is 385 g/mol. The third-order valence-electron chi connectivity index (χ3n) is 4.60. The average Bonchev–Trinajstić information content (AvgIpc) is 3.13. The number of benzene rings is 2. The normalized spacial score (nSPS) is 12.9. The van der Waals surface area contributed by atoms with Gasteiger partial charge < -0.3 is 9.67 Å². The molecule has 7 heteroatoms. The number of aromatic nitrogens is 2. The van der Waals surface area contributed by atoms with E-state index in [4.69, 9.17) is 0 Å². The van der Waals surface area contributed by atoms with E-state index in [1.807, 2.05) is 48.1 Å². The molecule has 6 nitrogen and oxygen atoms in total. The zero-order valence-corrected chi connectivity index (χ0v) is 16.1. The quantitative estimate of drug-likeness (QED) is 0.654.